The Morgan fingerprint density at radius 3 is 2.61 bits per heavy atom. The Labute approximate surface area is 158 Å². The average Bonchev–Trinajstić information content (AvgIpc) is 2.99. The van der Waals surface area contributed by atoms with Gasteiger partial charge in [0, 0.05) is 24.9 Å². The van der Waals surface area contributed by atoms with Gasteiger partial charge in [0.25, 0.3) is 5.91 Å². The molecule has 1 N–H and O–H groups in total. The molecule has 144 valence electrons. The van der Waals surface area contributed by atoms with Gasteiger partial charge < -0.3 is 10.2 Å². The highest BCUT2D eigenvalue weighted by atomic mass is 19.2. The van der Waals surface area contributed by atoms with Gasteiger partial charge in [0.2, 0.25) is 0 Å². The molecule has 1 atom stereocenters. The molecule has 0 saturated heterocycles. The second-order valence-electron chi connectivity index (χ2n) is 6.57. The van der Waals surface area contributed by atoms with Gasteiger partial charge in [0.1, 0.15) is 5.82 Å². The fourth-order valence-corrected chi connectivity index (χ4v) is 3.43. The molecule has 1 aromatic carbocycles. The van der Waals surface area contributed by atoms with Gasteiger partial charge in [-0.15, -0.1) is 0 Å². The summed E-state index contributed by atoms with van der Waals surface area (Å²) in [4.78, 5) is 32.2. The lowest BCUT2D eigenvalue weighted by atomic mass is 9.95. The van der Waals surface area contributed by atoms with Crippen LogP contribution in [0.1, 0.15) is 17.3 Å². The van der Waals surface area contributed by atoms with E-state index in [1.54, 1.807) is 24.4 Å². The van der Waals surface area contributed by atoms with Crippen LogP contribution in [0.2, 0.25) is 0 Å². The predicted molar refractivity (Wildman–Crippen MR) is 92.0 cm³/mol. The molecule has 1 aromatic heterocycles. The SMILES string of the molecule is CN1C(=O)NC(c2cc(F)c(F)cc2F)C2=C1CN(Cc1ccccn1)C2=O. The zero-order valence-corrected chi connectivity index (χ0v) is 14.7. The topological polar surface area (TPSA) is 65.5 Å². The van der Waals surface area contributed by atoms with E-state index in [9.17, 15) is 22.8 Å². The van der Waals surface area contributed by atoms with Crippen molar-refractivity contribution in [1.29, 1.82) is 0 Å². The van der Waals surface area contributed by atoms with Crippen LogP contribution in [0.3, 0.4) is 0 Å². The van der Waals surface area contributed by atoms with Gasteiger partial charge in [-0.05, 0) is 18.2 Å². The average molecular weight is 388 g/mol. The lowest BCUT2D eigenvalue weighted by Crippen LogP contribution is -2.45. The van der Waals surface area contributed by atoms with E-state index in [0.717, 1.165) is 0 Å². The Bertz CT molecular complexity index is 1010. The Hall–Kier alpha value is -3.36. The number of carbonyl (C=O) groups excluding carboxylic acids is 2. The van der Waals surface area contributed by atoms with Crippen LogP contribution in [0, 0.1) is 17.5 Å². The summed E-state index contributed by atoms with van der Waals surface area (Å²) in [5.41, 5.74) is 0.857. The molecule has 2 aromatic rings. The zero-order chi connectivity index (χ0) is 20.0. The highest BCUT2D eigenvalue weighted by Crippen LogP contribution is 2.37. The fourth-order valence-electron chi connectivity index (χ4n) is 3.43. The van der Waals surface area contributed by atoms with Crippen LogP contribution in [0.15, 0.2) is 47.8 Å². The van der Waals surface area contributed by atoms with Crippen molar-refractivity contribution in [3.05, 3.63) is 76.5 Å². The van der Waals surface area contributed by atoms with E-state index in [1.807, 2.05) is 0 Å². The third-order valence-electron chi connectivity index (χ3n) is 4.86. The molecule has 0 fully saturated rings. The van der Waals surface area contributed by atoms with Gasteiger partial charge in [-0.3, -0.25) is 14.7 Å². The van der Waals surface area contributed by atoms with Gasteiger partial charge in [-0.1, -0.05) is 6.07 Å². The Morgan fingerprint density at radius 2 is 1.89 bits per heavy atom. The van der Waals surface area contributed by atoms with Crippen molar-refractivity contribution >= 4 is 11.9 Å². The minimum absolute atomic E-state index is 0.121. The molecule has 2 aliphatic rings. The maximum Gasteiger partial charge on any atom is 0.322 e. The lowest BCUT2D eigenvalue weighted by Gasteiger charge is -2.31. The summed E-state index contributed by atoms with van der Waals surface area (Å²) in [6.45, 7) is 0.318. The van der Waals surface area contributed by atoms with Gasteiger partial charge in [0.05, 0.1) is 36.1 Å². The highest BCUT2D eigenvalue weighted by molar-refractivity contribution is 6.01. The zero-order valence-electron chi connectivity index (χ0n) is 14.7. The quantitative estimate of drug-likeness (QED) is 0.822. The van der Waals surface area contributed by atoms with E-state index in [1.165, 1.54) is 16.8 Å². The maximum absolute atomic E-state index is 14.3. The van der Waals surface area contributed by atoms with Crippen LogP contribution in [-0.4, -0.2) is 40.3 Å². The van der Waals surface area contributed by atoms with E-state index in [2.05, 4.69) is 10.3 Å². The number of nitrogens with one attached hydrogen (secondary N) is 1. The number of benzene rings is 1. The van der Waals surface area contributed by atoms with Crippen molar-refractivity contribution < 1.29 is 22.8 Å². The maximum atomic E-state index is 14.3. The summed E-state index contributed by atoms with van der Waals surface area (Å²) in [6, 6.07) is 4.57. The largest absolute Gasteiger partial charge is 0.327 e. The number of aromatic nitrogens is 1. The third kappa shape index (κ3) is 2.88. The van der Waals surface area contributed by atoms with E-state index >= 15 is 0 Å². The van der Waals surface area contributed by atoms with Gasteiger partial charge >= 0.3 is 6.03 Å². The first-order chi connectivity index (χ1) is 13.4. The predicted octanol–water partition coefficient (Wildman–Crippen LogP) is 2.49. The van der Waals surface area contributed by atoms with Gasteiger partial charge in [0.15, 0.2) is 11.6 Å². The van der Waals surface area contributed by atoms with Crippen LogP contribution in [-0.2, 0) is 11.3 Å². The van der Waals surface area contributed by atoms with Crippen molar-refractivity contribution in [3.63, 3.8) is 0 Å². The van der Waals surface area contributed by atoms with Gasteiger partial charge in [-0.25, -0.2) is 18.0 Å². The second kappa shape index (κ2) is 6.66. The molecular formula is C19H15F3N4O2. The summed E-state index contributed by atoms with van der Waals surface area (Å²) in [5, 5.41) is 2.49. The summed E-state index contributed by atoms with van der Waals surface area (Å²) in [6.07, 6.45) is 1.60. The van der Waals surface area contributed by atoms with Crippen molar-refractivity contribution in [1.82, 2.24) is 20.1 Å². The minimum Gasteiger partial charge on any atom is -0.327 e. The number of amides is 3. The Kier molecular flexibility index (Phi) is 4.29. The minimum atomic E-state index is -1.34. The smallest absolute Gasteiger partial charge is 0.322 e. The normalized spacial score (nSPS) is 19.2. The van der Waals surface area contributed by atoms with Crippen molar-refractivity contribution in [2.75, 3.05) is 13.6 Å². The molecule has 0 radical (unpaired) electrons. The number of halogens is 3. The first kappa shape index (κ1) is 18.0. The lowest BCUT2D eigenvalue weighted by molar-refractivity contribution is -0.126. The fraction of sp³-hybridized carbons (Fsp3) is 0.211. The number of rotatable bonds is 3. The Morgan fingerprint density at radius 1 is 1.14 bits per heavy atom. The van der Waals surface area contributed by atoms with Crippen molar-refractivity contribution in [2.45, 2.75) is 12.6 Å². The first-order valence-electron chi connectivity index (χ1n) is 8.47. The standard InChI is InChI=1S/C19H15F3N4O2/c1-25-15-9-26(8-10-4-2-3-5-23-10)18(27)16(15)17(24-19(25)28)11-6-13(21)14(22)7-12(11)20/h2-7,17H,8-9H2,1H3,(H,24,28). The number of hydrogen-bond donors (Lipinski definition) is 1. The highest BCUT2D eigenvalue weighted by Gasteiger charge is 2.43. The van der Waals surface area contributed by atoms with E-state index in [4.69, 9.17) is 0 Å². The third-order valence-corrected chi connectivity index (χ3v) is 4.86. The number of nitrogens with zero attached hydrogens (tertiary/aromatic N) is 3. The van der Waals surface area contributed by atoms with Gasteiger partial charge in [-0.2, -0.15) is 0 Å². The second-order valence-corrected chi connectivity index (χ2v) is 6.57. The van der Waals surface area contributed by atoms with E-state index < -0.39 is 35.4 Å². The monoisotopic (exact) mass is 388 g/mol. The molecule has 3 heterocycles. The number of pyridine rings is 1. The molecule has 4 rings (SSSR count). The number of hydrogen-bond acceptors (Lipinski definition) is 3. The van der Waals surface area contributed by atoms with Crippen molar-refractivity contribution in [3.8, 4) is 0 Å². The summed E-state index contributed by atoms with van der Waals surface area (Å²) < 4.78 is 41.4. The summed E-state index contributed by atoms with van der Waals surface area (Å²) >= 11 is 0. The molecule has 0 spiro atoms. The number of carbonyl (C=O) groups is 2. The molecule has 3 amide bonds. The van der Waals surface area contributed by atoms with Crippen molar-refractivity contribution in [2.24, 2.45) is 0 Å². The number of urea groups is 1. The molecule has 2 aliphatic heterocycles. The van der Waals surface area contributed by atoms with Crippen LogP contribution in [0.4, 0.5) is 18.0 Å². The molecule has 6 nitrogen and oxygen atoms in total. The Balaban J connectivity index is 1.73. The molecule has 28 heavy (non-hydrogen) atoms. The van der Waals surface area contributed by atoms with E-state index in [-0.39, 0.29) is 24.2 Å². The van der Waals surface area contributed by atoms with Crippen LogP contribution in [0.5, 0.6) is 0 Å². The molecule has 0 bridgehead atoms. The summed E-state index contributed by atoms with van der Waals surface area (Å²) in [5.74, 6) is -4.08. The molecular weight excluding hydrogens is 373 g/mol. The first-order valence-corrected chi connectivity index (χ1v) is 8.47. The number of likely N-dealkylation sites (N-methyl/N-ethyl adjacent to an activating group) is 1. The molecule has 0 saturated carbocycles. The van der Waals surface area contributed by atoms with Crippen LogP contribution >= 0.6 is 0 Å². The molecule has 1 unspecified atom stereocenters. The molecule has 9 heteroatoms. The van der Waals surface area contributed by atoms with Crippen LogP contribution in [0.25, 0.3) is 0 Å². The van der Waals surface area contributed by atoms with E-state index in [0.29, 0.717) is 23.5 Å². The molecule has 0 aliphatic carbocycles. The van der Waals surface area contributed by atoms with Crippen LogP contribution < -0.4 is 5.32 Å². The summed E-state index contributed by atoms with van der Waals surface area (Å²) in [7, 11) is 1.49.